The third-order valence-electron chi connectivity index (χ3n) is 4.08. The highest BCUT2D eigenvalue weighted by Crippen LogP contribution is 2.34. The molecule has 0 fully saturated rings. The summed E-state index contributed by atoms with van der Waals surface area (Å²) in [6, 6.07) is 6.49. The van der Waals surface area contributed by atoms with Gasteiger partial charge in [-0.15, -0.1) is 0 Å². The first kappa shape index (κ1) is 18.7. The standard InChI is InChI=1S/C18H18F2N4O3/c1-18(6-8-26-10-15(21)24-18)12-9-11(4-5-13(12)19)23-17(25)27-16-14(20)3-2-7-22-16/h2-5,7,9H,6,8,10H2,1H3,(H2,21,24)(H,23,25)/t18-/m0/s1. The number of nitrogens with zero attached hydrogens (tertiary/aromatic N) is 2. The van der Waals surface area contributed by atoms with Crippen molar-refractivity contribution in [3.63, 3.8) is 0 Å². The molecule has 1 amide bonds. The minimum atomic E-state index is -0.956. The molecular formula is C18H18F2N4O3. The summed E-state index contributed by atoms with van der Waals surface area (Å²) in [4.78, 5) is 20.0. The van der Waals surface area contributed by atoms with Gasteiger partial charge in [-0.25, -0.2) is 18.6 Å². The molecule has 0 bridgehead atoms. The molecule has 0 saturated carbocycles. The molecule has 3 N–H and O–H groups in total. The average Bonchev–Trinajstić information content (AvgIpc) is 2.79. The number of amidine groups is 1. The molecule has 2 aromatic rings. The van der Waals surface area contributed by atoms with Crippen molar-refractivity contribution in [1.82, 2.24) is 4.98 Å². The predicted octanol–water partition coefficient (Wildman–Crippen LogP) is 2.96. The number of aromatic nitrogens is 1. The SMILES string of the molecule is C[C@@]1(c2cc(NC(=O)Oc3ncccc3F)ccc2F)CCOCC(N)=N1. The van der Waals surface area contributed by atoms with Crippen LogP contribution in [0, 0.1) is 11.6 Å². The molecule has 7 nitrogen and oxygen atoms in total. The number of hydrogen-bond acceptors (Lipinski definition) is 6. The van der Waals surface area contributed by atoms with Gasteiger partial charge in [0.25, 0.3) is 5.88 Å². The zero-order valence-corrected chi connectivity index (χ0v) is 14.5. The van der Waals surface area contributed by atoms with Crippen molar-refractivity contribution in [3.05, 3.63) is 53.7 Å². The van der Waals surface area contributed by atoms with E-state index >= 15 is 0 Å². The second-order valence-electron chi connectivity index (χ2n) is 6.18. The van der Waals surface area contributed by atoms with Crippen LogP contribution in [0.15, 0.2) is 41.5 Å². The Morgan fingerprint density at radius 2 is 2.15 bits per heavy atom. The highest BCUT2D eigenvalue weighted by atomic mass is 19.1. The van der Waals surface area contributed by atoms with E-state index in [-0.39, 0.29) is 23.7 Å². The molecule has 1 aliphatic heterocycles. The van der Waals surface area contributed by atoms with E-state index in [4.69, 9.17) is 15.2 Å². The van der Waals surface area contributed by atoms with Crippen LogP contribution in [0.2, 0.25) is 0 Å². The van der Waals surface area contributed by atoms with Crippen LogP contribution < -0.4 is 15.8 Å². The van der Waals surface area contributed by atoms with Gasteiger partial charge in [-0.2, -0.15) is 0 Å². The quantitative estimate of drug-likeness (QED) is 0.858. The van der Waals surface area contributed by atoms with Gasteiger partial charge < -0.3 is 15.2 Å². The zero-order valence-electron chi connectivity index (χ0n) is 14.5. The Bertz CT molecular complexity index is 891. The highest BCUT2D eigenvalue weighted by Gasteiger charge is 2.31. The van der Waals surface area contributed by atoms with Crippen molar-refractivity contribution in [2.75, 3.05) is 18.5 Å². The fourth-order valence-corrected chi connectivity index (χ4v) is 2.74. The van der Waals surface area contributed by atoms with E-state index in [2.05, 4.69) is 15.3 Å². The number of carbonyl (C=O) groups is 1. The number of nitrogens with two attached hydrogens (primary N) is 1. The normalized spacial score (nSPS) is 19.7. The van der Waals surface area contributed by atoms with Gasteiger partial charge in [-0.05, 0) is 43.7 Å². The minimum Gasteiger partial charge on any atom is -0.388 e. The van der Waals surface area contributed by atoms with Crippen molar-refractivity contribution in [2.45, 2.75) is 18.9 Å². The lowest BCUT2D eigenvalue weighted by Gasteiger charge is -2.25. The topological polar surface area (TPSA) is 98.8 Å². The predicted molar refractivity (Wildman–Crippen MR) is 94.7 cm³/mol. The van der Waals surface area contributed by atoms with Gasteiger partial charge >= 0.3 is 6.09 Å². The Balaban J connectivity index is 1.82. The Morgan fingerprint density at radius 1 is 1.33 bits per heavy atom. The number of anilines is 1. The molecule has 2 heterocycles. The number of rotatable bonds is 3. The minimum absolute atomic E-state index is 0.178. The fraction of sp³-hybridized carbons (Fsp3) is 0.278. The summed E-state index contributed by atoms with van der Waals surface area (Å²) < 4.78 is 38.1. The van der Waals surface area contributed by atoms with E-state index in [0.717, 1.165) is 6.07 Å². The van der Waals surface area contributed by atoms with Crippen molar-refractivity contribution >= 4 is 17.6 Å². The molecule has 0 spiro atoms. The molecular weight excluding hydrogens is 358 g/mol. The Kier molecular flexibility index (Phi) is 5.31. The molecule has 27 heavy (non-hydrogen) atoms. The number of halogens is 2. The van der Waals surface area contributed by atoms with Crippen LogP contribution >= 0.6 is 0 Å². The molecule has 1 aromatic heterocycles. The smallest absolute Gasteiger partial charge is 0.388 e. The summed E-state index contributed by atoms with van der Waals surface area (Å²) in [5.41, 5.74) is 5.35. The molecule has 1 aromatic carbocycles. The zero-order chi connectivity index (χ0) is 19.4. The molecule has 1 atom stereocenters. The molecule has 142 valence electrons. The molecule has 0 unspecified atom stereocenters. The number of aliphatic imine (C=N–C) groups is 1. The summed E-state index contributed by atoms with van der Waals surface area (Å²) in [7, 11) is 0. The van der Waals surface area contributed by atoms with Crippen LogP contribution in [-0.2, 0) is 10.3 Å². The van der Waals surface area contributed by atoms with Gasteiger partial charge in [0.05, 0.1) is 5.54 Å². The number of benzene rings is 1. The van der Waals surface area contributed by atoms with Crippen LogP contribution in [0.1, 0.15) is 18.9 Å². The molecule has 0 saturated heterocycles. The van der Waals surface area contributed by atoms with Crippen molar-refractivity contribution in [3.8, 4) is 5.88 Å². The molecule has 3 rings (SSSR count). The van der Waals surface area contributed by atoms with E-state index in [9.17, 15) is 13.6 Å². The highest BCUT2D eigenvalue weighted by molar-refractivity contribution is 5.86. The number of amides is 1. The van der Waals surface area contributed by atoms with Crippen LogP contribution in [0.5, 0.6) is 5.88 Å². The third kappa shape index (κ3) is 4.37. The number of hydrogen-bond donors (Lipinski definition) is 2. The van der Waals surface area contributed by atoms with Gasteiger partial charge in [0, 0.05) is 24.1 Å². The molecule has 0 aliphatic carbocycles. The van der Waals surface area contributed by atoms with E-state index in [1.165, 1.54) is 30.5 Å². The largest absolute Gasteiger partial charge is 0.418 e. The maximum Gasteiger partial charge on any atom is 0.418 e. The maximum atomic E-state index is 14.4. The lowest BCUT2D eigenvalue weighted by Crippen LogP contribution is -2.26. The summed E-state index contributed by atoms with van der Waals surface area (Å²) >= 11 is 0. The van der Waals surface area contributed by atoms with Gasteiger partial charge in [0.2, 0.25) is 0 Å². The van der Waals surface area contributed by atoms with E-state index in [1.807, 2.05) is 0 Å². The van der Waals surface area contributed by atoms with E-state index < -0.39 is 29.1 Å². The second-order valence-corrected chi connectivity index (χ2v) is 6.18. The number of nitrogens with one attached hydrogen (secondary N) is 1. The van der Waals surface area contributed by atoms with Crippen molar-refractivity contribution in [1.29, 1.82) is 0 Å². The summed E-state index contributed by atoms with van der Waals surface area (Å²) in [6.07, 6.45) is 0.749. The van der Waals surface area contributed by atoms with E-state index in [1.54, 1.807) is 6.92 Å². The van der Waals surface area contributed by atoms with Crippen LogP contribution in [0.3, 0.4) is 0 Å². The lowest BCUT2D eigenvalue weighted by atomic mass is 9.88. The van der Waals surface area contributed by atoms with Crippen molar-refractivity contribution < 1.29 is 23.0 Å². The Hall–Kier alpha value is -3.07. The number of pyridine rings is 1. The maximum absolute atomic E-state index is 14.4. The Morgan fingerprint density at radius 3 is 2.93 bits per heavy atom. The first-order valence-electron chi connectivity index (χ1n) is 8.19. The molecule has 9 heteroatoms. The van der Waals surface area contributed by atoms with Gasteiger partial charge in [-0.1, -0.05) is 0 Å². The Labute approximate surface area is 154 Å². The monoisotopic (exact) mass is 376 g/mol. The van der Waals surface area contributed by atoms with E-state index in [0.29, 0.717) is 13.0 Å². The molecule has 0 radical (unpaired) electrons. The van der Waals surface area contributed by atoms with Crippen LogP contribution in [0.4, 0.5) is 19.3 Å². The third-order valence-corrected chi connectivity index (χ3v) is 4.08. The fourth-order valence-electron chi connectivity index (χ4n) is 2.74. The van der Waals surface area contributed by atoms with Crippen LogP contribution in [0.25, 0.3) is 0 Å². The number of carbonyl (C=O) groups excluding carboxylic acids is 1. The summed E-state index contributed by atoms with van der Waals surface area (Å²) in [5.74, 6) is -1.46. The molecule has 1 aliphatic rings. The van der Waals surface area contributed by atoms with Gasteiger partial charge in [0.15, 0.2) is 5.82 Å². The number of ether oxygens (including phenoxy) is 2. The summed E-state index contributed by atoms with van der Waals surface area (Å²) in [5, 5.41) is 2.42. The summed E-state index contributed by atoms with van der Waals surface area (Å²) in [6.45, 7) is 2.27. The van der Waals surface area contributed by atoms with Crippen molar-refractivity contribution in [2.24, 2.45) is 10.7 Å². The second kappa shape index (κ2) is 7.67. The average molecular weight is 376 g/mol. The lowest BCUT2D eigenvalue weighted by molar-refractivity contribution is 0.158. The first-order chi connectivity index (χ1) is 12.9. The van der Waals surface area contributed by atoms with Crippen LogP contribution in [-0.4, -0.2) is 30.1 Å². The first-order valence-corrected chi connectivity index (χ1v) is 8.19. The van der Waals surface area contributed by atoms with Gasteiger partial charge in [0.1, 0.15) is 18.3 Å². The van der Waals surface area contributed by atoms with Gasteiger partial charge in [-0.3, -0.25) is 10.3 Å².